The monoisotopic (exact) mass is 246 g/mol. The fourth-order valence-electron chi connectivity index (χ4n) is 1.63. The molecule has 1 nitrogen and oxygen atoms in total. The molecule has 17 heavy (non-hydrogen) atoms. The molecular weight excluding hydrogens is 232 g/mol. The average Bonchev–Trinajstić information content (AvgIpc) is 2.34. The third-order valence-corrected chi connectivity index (χ3v) is 3.13. The zero-order valence-corrected chi connectivity index (χ0v) is 10.7. The topological polar surface area (TPSA) is 9.23 Å². The minimum absolute atomic E-state index is 0.00417. The second kappa shape index (κ2) is 5.24. The molecule has 0 N–H and O–H groups in total. The summed E-state index contributed by atoms with van der Waals surface area (Å²) in [6, 6.07) is 15.8. The highest BCUT2D eigenvalue weighted by molar-refractivity contribution is 6.31. The average molecular weight is 247 g/mol. The van der Waals surface area contributed by atoms with E-state index in [1.165, 1.54) is 0 Å². The van der Waals surface area contributed by atoms with Gasteiger partial charge < -0.3 is 4.74 Å². The zero-order valence-electron chi connectivity index (χ0n) is 9.98. The Bertz CT molecular complexity index is 494. The Kier molecular flexibility index (Phi) is 3.70. The fraction of sp³-hybridized carbons (Fsp3) is 0.200. The maximum Gasteiger partial charge on any atom is 0.121 e. The van der Waals surface area contributed by atoms with E-state index in [0.717, 1.165) is 21.9 Å². The lowest BCUT2D eigenvalue weighted by Crippen LogP contribution is -2.03. The first-order chi connectivity index (χ1) is 8.16. The molecule has 1 atom stereocenters. The summed E-state index contributed by atoms with van der Waals surface area (Å²) in [5.41, 5.74) is 2.17. The van der Waals surface area contributed by atoms with Crippen molar-refractivity contribution in [2.45, 2.75) is 20.0 Å². The molecule has 2 rings (SSSR count). The van der Waals surface area contributed by atoms with Crippen molar-refractivity contribution in [1.82, 2.24) is 0 Å². The molecule has 0 saturated carbocycles. The van der Waals surface area contributed by atoms with Crippen molar-refractivity contribution in [2.75, 3.05) is 0 Å². The van der Waals surface area contributed by atoms with Crippen LogP contribution in [0.3, 0.4) is 0 Å². The van der Waals surface area contributed by atoms with Crippen LogP contribution in [0.15, 0.2) is 48.5 Å². The number of hydrogen-bond acceptors (Lipinski definition) is 1. The molecule has 2 heteroatoms. The van der Waals surface area contributed by atoms with E-state index in [9.17, 15) is 0 Å². The number of para-hydroxylation sites is 1. The zero-order chi connectivity index (χ0) is 12.3. The quantitative estimate of drug-likeness (QED) is 0.757. The molecule has 2 aromatic carbocycles. The smallest absolute Gasteiger partial charge is 0.121 e. The first-order valence-corrected chi connectivity index (χ1v) is 6.02. The summed E-state index contributed by atoms with van der Waals surface area (Å²) >= 11 is 6.11. The largest absolute Gasteiger partial charge is 0.486 e. The van der Waals surface area contributed by atoms with Crippen molar-refractivity contribution < 1.29 is 4.74 Å². The second-order valence-electron chi connectivity index (χ2n) is 4.08. The summed E-state index contributed by atoms with van der Waals surface area (Å²) < 4.78 is 5.84. The van der Waals surface area contributed by atoms with Crippen LogP contribution in [0.2, 0.25) is 5.02 Å². The predicted molar refractivity (Wildman–Crippen MR) is 71.7 cm³/mol. The van der Waals surface area contributed by atoms with Crippen LogP contribution in [-0.4, -0.2) is 0 Å². The van der Waals surface area contributed by atoms with Gasteiger partial charge in [0.05, 0.1) is 0 Å². The molecule has 88 valence electrons. The Morgan fingerprint density at radius 3 is 2.41 bits per heavy atom. The minimum atomic E-state index is -0.00417. The number of halogens is 1. The van der Waals surface area contributed by atoms with Gasteiger partial charge in [-0.2, -0.15) is 0 Å². The fourth-order valence-corrected chi connectivity index (χ4v) is 1.82. The van der Waals surface area contributed by atoms with Gasteiger partial charge in [0.15, 0.2) is 0 Å². The lowest BCUT2D eigenvalue weighted by Gasteiger charge is -2.15. The maximum atomic E-state index is 6.11. The van der Waals surface area contributed by atoms with E-state index in [0.29, 0.717) is 0 Å². The van der Waals surface area contributed by atoms with Crippen molar-refractivity contribution in [3.8, 4) is 5.75 Å². The molecule has 0 aliphatic carbocycles. The molecule has 0 fully saturated rings. The summed E-state index contributed by atoms with van der Waals surface area (Å²) in [4.78, 5) is 0. The van der Waals surface area contributed by atoms with Crippen LogP contribution in [0.1, 0.15) is 24.2 Å². The van der Waals surface area contributed by atoms with Crippen molar-refractivity contribution >= 4 is 11.6 Å². The van der Waals surface area contributed by atoms with E-state index in [-0.39, 0.29) is 6.10 Å². The third kappa shape index (κ3) is 3.01. The summed E-state index contributed by atoms with van der Waals surface area (Å²) in [5.74, 6) is 0.872. The second-order valence-corrected chi connectivity index (χ2v) is 4.49. The van der Waals surface area contributed by atoms with E-state index in [1.54, 1.807) is 0 Å². The summed E-state index contributed by atoms with van der Waals surface area (Å²) in [5, 5.41) is 0.783. The van der Waals surface area contributed by atoms with Gasteiger partial charge in [-0.05, 0) is 43.2 Å². The maximum absolute atomic E-state index is 6.11. The first kappa shape index (κ1) is 12.0. The van der Waals surface area contributed by atoms with Crippen LogP contribution >= 0.6 is 11.6 Å². The van der Waals surface area contributed by atoms with Gasteiger partial charge in [-0.25, -0.2) is 0 Å². The Balaban J connectivity index is 2.14. The molecule has 0 heterocycles. The Morgan fingerprint density at radius 1 is 1.06 bits per heavy atom. The molecule has 0 aliphatic rings. The lowest BCUT2D eigenvalue weighted by molar-refractivity contribution is 0.227. The number of ether oxygens (including phenoxy) is 1. The van der Waals surface area contributed by atoms with Crippen molar-refractivity contribution in [3.05, 3.63) is 64.7 Å². The normalized spacial score (nSPS) is 12.2. The number of aryl methyl sites for hydroxylation is 1. The molecule has 0 radical (unpaired) electrons. The van der Waals surface area contributed by atoms with E-state index in [2.05, 4.69) is 6.07 Å². The molecule has 0 aromatic heterocycles. The van der Waals surface area contributed by atoms with E-state index >= 15 is 0 Å². The molecule has 1 unspecified atom stereocenters. The lowest BCUT2D eigenvalue weighted by atomic mass is 10.1. The Morgan fingerprint density at radius 2 is 1.76 bits per heavy atom. The summed E-state index contributed by atoms with van der Waals surface area (Å²) in [6.45, 7) is 4.02. The number of rotatable bonds is 3. The summed E-state index contributed by atoms with van der Waals surface area (Å²) in [7, 11) is 0. The Labute approximate surface area is 107 Å². The minimum Gasteiger partial charge on any atom is -0.486 e. The Hall–Kier alpha value is -1.47. The van der Waals surface area contributed by atoms with E-state index in [4.69, 9.17) is 16.3 Å². The number of hydrogen-bond donors (Lipinski definition) is 0. The highest BCUT2D eigenvalue weighted by Gasteiger charge is 2.08. The van der Waals surface area contributed by atoms with Gasteiger partial charge in [-0.3, -0.25) is 0 Å². The van der Waals surface area contributed by atoms with Crippen LogP contribution in [0, 0.1) is 6.92 Å². The van der Waals surface area contributed by atoms with Gasteiger partial charge in [0.25, 0.3) is 0 Å². The van der Waals surface area contributed by atoms with E-state index < -0.39 is 0 Å². The van der Waals surface area contributed by atoms with Gasteiger partial charge in [0.1, 0.15) is 11.9 Å². The van der Waals surface area contributed by atoms with Gasteiger partial charge >= 0.3 is 0 Å². The number of benzene rings is 2. The molecule has 0 aliphatic heterocycles. The van der Waals surface area contributed by atoms with Crippen LogP contribution in [-0.2, 0) is 0 Å². The van der Waals surface area contributed by atoms with Crippen LogP contribution < -0.4 is 4.74 Å². The van der Waals surface area contributed by atoms with Crippen molar-refractivity contribution in [2.24, 2.45) is 0 Å². The van der Waals surface area contributed by atoms with Gasteiger partial charge in [-0.1, -0.05) is 41.9 Å². The molecule has 2 aromatic rings. The van der Waals surface area contributed by atoms with Crippen LogP contribution in [0.4, 0.5) is 0 Å². The predicted octanol–water partition coefficient (Wildman–Crippen LogP) is 4.79. The highest BCUT2D eigenvalue weighted by atomic mass is 35.5. The van der Waals surface area contributed by atoms with Crippen molar-refractivity contribution in [1.29, 1.82) is 0 Å². The van der Waals surface area contributed by atoms with Gasteiger partial charge in [0.2, 0.25) is 0 Å². The first-order valence-electron chi connectivity index (χ1n) is 5.64. The van der Waals surface area contributed by atoms with Gasteiger partial charge in [0, 0.05) is 5.02 Å². The molecule has 0 bridgehead atoms. The van der Waals surface area contributed by atoms with Crippen LogP contribution in [0.25, 0.3) is 0 Å². The van der Waals surface area contributed by atoms with E-state index in [1.807, 2.05) is 56.3 Å². The highest BCUT2D eigenvalue weighted by Crippen LogP contribution is 2.25. The molecule has 0 spiro atoms. The summed E-state index contributed by atoms with van der Waals surface area (Å²) in [6.07, 6.45) is -0.00417. The van der Waals surface area contributed by atoms with Crippen molar-refractivity contribution in [3.63, 3.8) is 0 Å². The molecular formula is C15H15ClO. The molecule has 0 saturated heterocycles. The third-order valence-electron chi connectivity index (χ3n) is 2.72. The molecule has 0 amide bonds. The van der Waals surface area contributed by atoms with Crippen LogP contribution in [0.5, 0.6) is 5.75 Å². The SMILES string of the molecule is Cc1ccc(C(C)Oc2ccccc2)cc1Cl. The standard InChI is InChI=1S/C15H15ClO/c1-11-8-9-13(10-15(11)16)12(2)17-14-6-4-3-5-7-14/h3-10,12H,1-2H3. The van der Waals surface area contributed by atoms with Gasteiger partial charge in [-0.15, -0.1) is 0 Å².